The molecular formula is C28H30ClFN6O. The molecule has 5 rings (SSSR count). The highest BCUT2D eigenvalue weighted by Crippen LogP contribution is 2.30. The molecule has 1 atom stereocenters. The first-order valence-electron chi connectivity index (χ1n) is 12.8. The zero-order valence-electron chi connectivity index (χ0n) is 20.9. The number of amides is 1. The summed E-state index contributed by atoms with van der Waals surface area (Å²) in [5.74, 6) is 1.22. The Bertz CT molecular complexity index is 1400. The number of hydrogen-bond donors (Lipinski definition) is 2. The van der Waals surface area contributed by atoms with Crippen LogP contribution < -0.4 is 10.6 Å². The molecular weight excluding hydrogens is 491 g/mol. The fourth-order valence-electron chi connectivity index (χ4n) is 4.68. The number of nitrogens with zero attached hydrogens (tertiary/aromatic N) is 4. The molecule has 1 aliphatic carbocycles. The normalized spacial score (nSPS) is 18.5. The number of carbonyl (C=O) groups is 1. The third-order valence-corrected chi connectivity index (χ3v) is 7.41. The molecule has 2 N–H and O–H groups in total. The minimum absolute atomic E-state index is 0.0830. The van der Waals surface area contributed by atoms with Gasteiger partial charge in [-0.05, 0) is 68.5 Å². The van der Waals surface area contributed by atoms with Crippen molar-refractivity contribution in [1.82, 2.24) is 25.1 Å². The smallest absolute Gasteiger partial charge is 0.251 e. The Balaban J connectivity index is 1.33. The summed E-state index contributed by atoms with van der Waals surface area (Å²) in [6.07, 6.45) is 6.17. The minimum Gasteiger partial charge on any atom is -0.367 e. The third-order valence-electron chi connectivity index (χ3n) is 7.09. The Morgan fingerprint density at radius 1 is 1.08 bits per heavy atom. The highest BCUT2D eigenvalue weighted by Gasteiger charge is 2.25. The highest BCUT2D eigenvalue weighted by molar-refractivity contribution is 6.32. The van der Waals surface area contributed by atoms with E-state index in [-0.39, 0.29) is 29.7 Å². The Morgan fingerprint density at radius 3 is 2.49 bits per heavy atom. The lowest BCUT2D eigenvalue weighted by atomic mass is 9.91. The lowest BCUT2D eigenvalue weighted by Gasteiger charge is -2.30. The summed E-state index contributed by atoms with van der Waals surface area (Å²) < 4.78 is 14.9. The van der Waals surface area contributed by atoms with Crippen LogP contribution in [0.4, 0.5) is 10.2 Å². The Hall–Kier alpha value is -3.52. The van der Waals surface area contributed by atoms with Crippen LogP contribution in [0.5, 0.6) is 0 Å². The summed E-state index contributed by atoms with van der Waals surface area (Å²) in [6, 6.07) is 13.5. The van der Waals surface area contributed by atoms with Crippen LogP contribution in [-0.2, 0) is 0 Å². The maximum Gasteiger partial charge on any atom is 0.251 e. The highest BCUT2D eigenvalue weighted by atomic mass is 35.5. The maximum atomic E-state index is 13.2. The van der Waals surface area contributed by atoms with Crippen molar-refractivity contribution in [3.8, 4) is 5.69 Å². The number of carbonyl (C=O) groups excluding carboxylic acids is 1. The fourth-order valence-corrected chi connectivity index (χ4v) is 4.90. The summed E-state index contributed by atoms with van der Waals surface area (Å²) >= 11 is 6.47. The van der Waals surface area contributed by atoms with Crippen molar-refractivity contribution in [3.05, 3.63) is 77.0 Å². The van der Waals surface area contributed by atoms with E-state index in [1.165, 1.54) is 24.3 Å². The monoisotopic (exact) mass is 520 g/mol. The van der Waals surface area contributed by atoms with Crippen molar-refractivity contribution in [1.29, 1.82) is 0 Å². The van der Waals surface area contributed by atoms with Crippen LogP contribution in [0.2, 0.25) is 5.02 Å². The quantitative estimate of drug-likeness (QED) is 0.300. The fraction of sp³-hybridized carbons (Fsp3) is 0.357. The van der Waals surface area contributed by atoms with E-state index in [0.717, 1.165) is 60.5 Å². The first kappa shape index (κ1) is 25.1. The SMILES string of the molecule is CC[C@H](C)c1nc(NC2CCC(NC(=O)c3ccc(F)cc3)CC2)c2cnn(-c3ccccc3Cl)c2n1. The molecule has 2 heterocycles. The predicted molar refractivity (Wildman–Crippen MR) is 144 cm³/mol. The number of fused-ring (bicyclic) bond motifs is 1. The van der Waals surface area contributed by atoms with Crippen LogP contribution in [0, 0.1) is 5.82 Å². The topological polar surface area (TPSA) is 84.7 Å². The molecule has 0 radical (unpaired) electrons. The second-order valence-corrected chi connectivity index (χ2v) is 10.1. The van der Waals surface area contributed by atoms with E-state index in [1.807, 2.05) is 24.3 Å². The lowest BCUT2D eigenvalue weighted by molar-refractivity contribution is 0.0926. The van der Waals surface area contributed by atoms with E-state index >= 15 is 0 Å². The molecule has 7 nitrogen and oxygen atoms in total. The Morgan fingerprint density at radius 2 is 1.78 bits per heavy atom. The van der Waals surface area contributed by atoms with Crippen molar-refractivity contribution >= 4 is 34.4 Å². The van der Waals surface area contributed by atoms with Gasteiger partial charge < -0.3 is 10.6 Å². The van der Waals surface area contributed by atoms with Crippen LogP contribution in [0.3, 0.4) is 0 Å². The lowest BCUT2D eigenvalue weighted by Crippen LogP contribution is -2.40. The average Bonchev–Trinajstić information content (AvgIpc) is 3.34. The summed E-state index contributed by atoms with van der Waals surface area (Å²) in [4.78, 5) is 22.3. The number of para-hydroxylation sites is 1. The first-order valence-corrected chi connectivity index (χ1v) is 13.1. The van der Waals surface area contributed by atoms with E-state index in [2.05, 4.69) is 29.6 Å². The average molecular weight is 521 g/mol. The number of aromatic nitrogens is 4. The van der Waals surface area contributed by atoms with Gasteiger partial charge >= 0.3 is 0 Å². The molecule has 1 fully saturated rings. The summed E-state index contributed by atoms with van der Waals surface area (Å²) in [5.41, 5.74) is 1.97. The molecule has 2 aromatic carbocycles. The van der Waals surface area contributed by atoms with E-state index in [0.29, 0.717) is 10.6 Å². The molecule has 1 saturated carbocycles. The summed E-state index contributed by atoms with van der Waals surface area (Å²) in [7, 11) is 0. The van der Waals surface area contributed by atoms with Gasteiger partial charge in [0.2, 0.25) is 0 Å². The van der Waals surface area contributed by atoms with Crippen LogP contribution in [-0.4, -0.2) is 37.7 Å². The summed E-state index contributed by atoms with van der Waals surface area (Å²) in [5, 5.41) is 12.8. The van der Waals surface area contributed by atoms with Crippen LogP contribution in [0.1, 0.15) is 68.1 Å². The van der Waals surface area contributed by atoms with Gasteiger partial charge in [0, 0.05) is 23.6 Å². The second-order valence-electron chi connectivity index (χ2n) is 9.66. The molecule has 0 aliphatic heterocycles. The molecule has 4 aromatic rings. The van der Waals surface area contributed by atoms with Crippen molar-refractivity contribution in [2.45, 2.75) is 64.0 Å². The van der Waals surface area contributed by atoms with Crippen LogP contribution >= 0.6 is 11.6 Å². The van der Waals surface area contributed by atoms with Gasteiger partial charge in [-0.1, -0.05) is 37.6 Å². The van der Waals surface area contributed by atoms with Crippen molar-refractivity contribution in [2.24, 2.45) is 0 Å². The maximum absolute atomic E-state index is 13.2. The van der Waals surface area contributed by atoms with Gasteiger partial charge in [-0.3, -0.25) is 4.79 Å². The van der Waals surface area contributed by atoms with Crippen LogP contribution in [0.15, 0.2) is 54.7 Å². The third kappa shape index (κ3) is 5.44. The van der Waals surface area contributed by atoms with Crippen molar-refractivity contribution in [3.63, 3.8) is 0 Å². The number of nitrogens with one attached hydrogen (secondary N) is 2. The van der Waals surface area contributed by atoms with E-state index in [9.17, 15) is 9.18 Å². The molecule has 0 saturated heterocycles. The van der Waals surface area contributed by atoms with E-state index in [1.54, 1.807) is 10.9 Å². The van der Waals surface area contributed by atoms with Gasteiger partial charge in [-0.25, -0.2) is 19.0 Å². The number of hydrogen-bond acceptors (Lipinski definition) is 5. The van der Waals surface area contributed by atoms with Crippen molar-refractivity contribution < 1.29 is 9.18 Å². The molecule has 1 amide bonds. The van der Waals surface area contributed by atoms with Gasteiger partial charge in [0.1, 0.15) is 17.5 Å². The zero-order chi connectivity index (χ0) is 25.9. The van der Waals surface area contributed by atoms with Gasteiger partial charge in [0.05, 0.1) is 22.3 Å². The second kappa shape index (κ2) is 10.8. The number of halogens is 2. The predicted octanol–water partition coefficient (Wildman–Crippen LogP) is 6.27. The molecule has 9 heteroatoms. The zero-order valence-corrected chi connectivity index (χ0v) is 21.7. The van der Waals surface area contributed by atoms with Gasteiger partial charge in [-0.15, -0.1) is 0 Å². The van der Waals surface area contributed by atoms with Crippen LogP contribution in [0.25, 0.3) is 16.7 Å². The Labute approximate surface area is 220 Å². The molecule has 2 aromatic heterocycles. The standard InChI is InChI=1S/C28H30ClFN6O/c1-3-17(2)25-34-26(22-16-31-36(27(22)35-25)24-7-5-4-6-23(24)29)32-20-12-14-21(15-13-20)33-28(37)18-8-10-19(30)11-9-18/h4-11,16-17,20-21H,3,12-15H2,1-2H3,(H,33,37)(H,32,34,35)/t17-,20?,21?/m0/s1. The molecule has 0 bridgehead atoms. The molecule has 0 unspecified atom stereocenters. The molecule has 1 aliphatic rings. The molecule has 0 spiro atoms. The molecule has 37 heavy (non-hydrogen) atoms. The largest absolute Gasteiger partial charge is 0.367 e. The van der Waals surface area contributed by atoms with E-state index < -0.39 is 0 Å². The van der Waals surface area contributed by atoms with Gasteiger partial charge in [0.15, 0.2) is 5.65 Å². The first-order chi connectivity index (χ1) is 17.9. The number of anilines is 1. The van der Waals surface area contributed by atoms with Gasteiger partial charge in [-0.2, -0.15) is 5.10 Å². The molecule has 192 valence electrons. The van der Waals surface area contributed by atoms with Crippen molar-refractivity contribution in [2.75, 3.05) is 5.32 Å². The minimum atomic E-state index is -0.351. The van der Waals surface area contributed by atoms with E-state index in [4.69, 9.17) is 21.6 Å². The van der Waals surface area contributed by atoms with Gasteiger partial charge in [0.25, 0.3) is 5.91 Å². The number of benzene rings is 2. The number of rotatable bonds is 7. The Kier molecular flexibility index (Phi) is 7.37. The summed E-state index contributed by atoms with van der Waals surface area (Å²) in [6.45, 7) is 4.24.